The van der Waals surface area contributed by atoms with Crippen molar-refractivity contribution in [2.75, 3.05) is 0 Å². The maximum Gasteiger partial charge on any atom is 0.339 e. The van der Waals surface area contributed by atoms with Gasteiger partial charge in [0.25, 0.3) is 0 Å². The molecule has 2 nitrogen and oxygen atoms in total. The van der Waals surface area contributed by atoms with Crippen LogP contribution in [0.15, 0.2) is 119 Å². The van der Waals surface area contributed by atoms with Gasteiger partial charge < -0.3 is 4.74 Å². The number of benzene rings is 4. The maximum absolute atomic E-state index is 12.8. The van der Waals surface area contributed by atoms with Gasteiger partial charge >= 0.3 is 5.97 Å². The third-order valence-corrected chi connectivity index (χ3v) is 6.01. The number of carbonyl (C=O) groups excluding carboxylic acids is 1. The van der Waals surface area contributed by atoms with Crippen LogP contribution in [0.4, 0.5) is 0 Å². The number of halogens is 1. The standard InChI is InChI=1S/C29H19BrO2/c30-23-17-15-22(16-18-23)28-27(24-13-7-8-14-25(24)29(31)32-28)19-26(20-9-3-1-4-10-20)21-11-5-2-6-12-21/h1-18,28H. The number of hydrogen-bond donors (Lipinski definition) is 0. The molecule has 0 N–H and O–H groups in total. The number of fused-ring (bicyclic) bond motifs is 1. The predicted octanol–water partition coefficient (Wildman–Crippen LogP) is 7.48. The number of esters is 1. The van der Waals surface area contributed by atoms with Crippen LogP contribution in [0.1, 0.15) is 38.7 Å². The molecule has 1 heterocycles. The first-order valence-corrected chi connectivity index (χ1v) is 11.2. The first-order chi connectivity index (χ1) is 15.7. The van der Waals surface area contributed by atoms with Crippen molar-refractivity contribution in [1.82, 2.24) is 0 Å². The molecule has 32 heavy (non-hydrogen) atoms. The van der Waals surface area contributed by atoms with Crippen LogP contribution < -0.4 is 0 Å². The van der Waals surface area contributed by atoms with Gasteiger partial charge in [-0.3, -0.25) is 0 Å². The summed E-state index contributed by atoms with van der Waals surface area (Å²) in [6.45, 7) is 0. The molecule has 0 aromatic heterocycles. The summed E-state index contributed by atoms with van der Waals surface area (Å²) in [5.41, 5.74) is 9.88. The summed E-state index contributed by atoms with van der Waals surface area (Å²) in [5.74, 6) is -0.319. The number of ether oxygens (including phenoxy) is 1. The van der Waals surface area contributed by atoms with Crippen molar-refractivity contribution in [3.63, 3.8) is 0 Å². The van der Waals surface area contributed by atoms with E-state index >= 15 is 0 Å². The SMILES string of the molecule is O=C1OC(c2ccc(Br)cc2)C(=C=C(c2ccccc2)c2ccccc2)c2ccccc21. The minimum Gasteiger partial charge on any atom is -0.448 e. The van der Waals surface area contributed by atoms with E-state index in [4.69, 9.17) is 4.74 Å². The van der Waals surface area contributed by atoms with Crippen molar-refractivity contribution in [2.45, 2.75) is 6.10 Å². The van der Waals surface area contributed by atoms with Crippen molar-refractivity contribution in [3.8, 4) is 0 Å². The van der Waals surface area contributed by atoms with E-state index in [-0.39, 0.29) is 5.97 Å². The fraction of sp³-hybridized carbons (Fsp3) is 0.0345. The van der Waals surface area contributed by atoms with Crippen LogP contribution in [0, 0.1) is 0 Å². The zero-order valence-corrected chi connectivity index (χ0v) is 18.8. The molecule has 1 aliphatic rings. The smallest absolute Gasteiger partial charge is 0.339 e. The lowest BCUT2D eigenvalue weighted by atomic mass is 9.88. The summed E-state index contributed by atoms with van der Waals surface area (Å²) in [7, 11) is 0. The fourth-order valence-electron chi connectivity index (χ4n) is 3.93. The second-order valence-electron chi connectivity index (χ2n) is 7.53. The van der Waals surface area contributed by atoms with Crippen molar-refractivity contribution in [1.29, 1.82) is 0 Å². The van der Waals surface area contributed by atoms with E-state index in [9.17, 15) is 4.79 Å². The Morgan fingerprint density at radius 2 is 1.22 bits per heavy atom. The third kappa shape index (κ3) is 3.97. The Balaban J connectivity index is 1.83. The summed E-state index contributed by atoms with van der Waals surface area (Å²) in [6, 6.07) is 35.8. The summed E-state index contributed by atoms with van der Waals surface area (Å²) >= 11 is 3.49. The van der Waals surface area contributed by atoms with E-state index in [0.29, 0.717) is 5.56 Å². The quantitative estimate of drug-likeness (QED) is 0.225. The molecular formula is C29H19BrO2. The van der Waals surface area contributed by atoms with Crippen molar-refractivity contribution in [3.05, 3.63) is 147 Å². The lowest BCUT2D eigenvalue weighted by Crippen LogP contribution is -2.20. The zero-order chi connectivity index (χ0) is 21.9. The first kappa shape index (κ1) is 20.3. The molecule has 1 unspecified atom stereocenters. The van der Waals surface area contributed by atoms with Gasteiger partial charge in [0.2, 0.25) is 0 Å². The van der Waals surface area contributed by atoms with Gasteiger partial charge in [0, 0.05) is 21.2 Å². The predicted molar refractivity (Wildman–Crippen MR) is 131 cm³/mol. The average Bonchev–Trinajstić information content (AvgIpc) is 2.85. The van der Waals surface area contributed by atoms with E-state index < -0.39 is 6.10 Å². The van der Waals surface area contributed by atoms with E-state index in [1.54, 1.807) is 0 Å². The minimum absolute atomic E-state index is 0.319. The Morgan fingerprint density at radius 3 is 1.81 bits per heavy atom. The largest absolute Gasteiger partial charge is 0.448 e. The van der Waals surface area contributed by atoms with Crippen LogP contribution in [0.3, 0.4) is 0 Å². The molecule has 0 radical (unpaired) electrons. The molecule has 3 heteroatoms. The van der Waals surface area contributed by atoms with Crippen LogP contribution in [-0.4, -0.2) is 5.97 Å². The molecule has 0 saturated heterocycles. The summed E-state index contributed by atoms with van der Waals surface area (Å²) in [4.78, 5) is 12.8. The topological polar surface area (TPSA) is 26.3 Å². The highest BCUT2D eigenvalue weighted by atomic mass is 79.9. The second kappa shape index (κ2) is 8.84. The number of cyclic esters (lactones) is 1. The summed E-state index contributed by atoms with van der Waals surface area (Å²) < 4.78 is 6.93. The highest BCUT2D eigenvalue weighted by molar-refractivity contribution is 9.10. The Kier molecular flexibility index (Phi) is 5.60. The fourth-order valence-corrected chi connectivity index (χ4v) is 4.19. The van der Waals surface area contributed by atoms with E-state index in [0.717, 1.165) is 37.9 Å². The molecule has 0 bridgehead atoms. The summed E-state index contributed by atoms with van der Waals surface area (Å²) in [6.07, 6.45) is -0.548. The monoisotopic (exact) mass is 478 g/mol. The first-order valence-electron chi connectivity index (χ1n) is 10.4. The zero-order valence-electron chi connectivity index (χ0n) is 17.2. The highest BCUT2D eigenvalue weighted by Crippen LogP contribution is 2.40. The molecule has 1 aliphatic heterocycles. The van der Waals surface area contributed by atoms with Crippen LogP contribution in [0.2, 0.25) is 0 Å². The molecule has 154 valence electrons. The van der Waals surface area contributed by atoms with Crippen LogP contribution in [-0.2, 0) is 4.74 Å². The second-order valence-corrected chi connectivity index (χ2v) is 8.44. The van der Waals surface area contributed by atoms with E-state index in [2.05, 4.69) is 45.9 Å². The van der Waals surface area contributed by atoms with Crippen molar-refractivity contribution >= 4 is 33.0 Å². The maximum atomic E-state index is 12.8. The molecule has 0 spiro atoms. The Hall–Kier alpha value is -3.65. The van der Waals surface area contributed by atoms with E-state index in [1.807, 2.05) is 84.9 Å². The highest BCUT2D eigenvalue weighted by Gasteiger charge is 2.32. The van der Waals surface area contributed by atoms with Gasteiger partial charge in [-0.2, -0.15) is 0 Å². The molecule has 0 saturated carbocycles. The molecule has 0 fully saturated rings. The Morgan fingerprint density at radius 1 is 0.688 bits per heavy atom. The third-order valence-electron chi connectivity index (χ3n) is 5.48. The van der Waals surface area contributed by atoms with Crippen molar-refractivity contribution < 1.29 is 9.53 Å². The molecule has 4 aromatic rings. The summed E-state index contributed by atoms with van der Waals surface area (Å²) in [5, 5.41) is 0. The van der Waals surface area contributed by atoms with E-state index in [1.165, 1.54) is 0 Å². The number of rotatable bonds is 3. The number of carbonyl (C=O) groups is 1. The van der Waals surface area contributed by atoms with Gasteiger partial charge in [0.1, 0.15) is 0 Å². The van der Waals surface area contributed by atoms with Gasteiger partial charge in [-0.05, 0) is 34.9 Å². The lowest BCUT2D eigenvalue weighted by Gasteiger charge is -2.27. The van der Waals surface area contributed by atoms with Crippen LogP contribution in [0.25, 0.3) is 11.1 Å². The van der Waals surface area contributed by atoms with Gasteiger partial charge in [0.15, 0.2) is 6.10 Å². The van der Waals surface area contributed by atoms with Crippen molar-refractivity contribution in [2.24, 2.45) is 0 Å². The molecule has 0 amide bonds. The molecule has 4 aromatic carbocycles. The van der Waals surface area contributed by atoms with Gasteiger partial charge in [-0.1, -0.05) is 107 Å². The normalized spacial score (nSPS) is 14.8. The minimum atomic E-state index is -0.548. The molecule has 5 rings (SSSR count). The molecule has 0 aliphatic carbocycles. The molecular weight excluding hydrogens is 460 g/mol. The van der Waals surface area contributed by atoms with Gasteiger partial charge in [-0.15, -0.1) is 5.73 Å². The number of hydrogen-bond acceptors (Lipinski definition) is 2. The lowest BCUT2D eigenvalue weighted by molar-refractivity contribution is 0.0388. The Labute approximate surface area is 195 Å². The van der Waals surface area contributed by atoms with Gasteiger partial charge in [-0.25, -0.2) is 4.79 Å². The average molecular weight is 479 g/mol. The van der Waals surface area contributed by atoms with Crippen LogP contribution in [0.5, 0.6) is 0 Å². The van der Waals surface area contributed by atoms with Gasteiger partial charge in [0.05, 0.1) is 5.56 Å². The van der Waals surface area contributed by atoms with Crippen LogP contribution >= 0.6 is 15.9 Å². The Bertz CT molecular complexity index is 1290. The molecule has 1 atom stereocenters.